The van der Waals surface area contributed by atoms with Gasteiger partial charge < -0.3 is 9.30 Å². The van der Waals surface area contributed by atoms with Gasteiger partial charge in [-0.15, -0.1) is 0 Å². The molecule has 1 aromatic heterocycles. The van der Waals surface area contributed by atoms with Crippen molar-refractivity contribution in [3.8, 4) is 0 Å². The van der Waals surface area contributed by atoms with E-state index in [1.54, 1.807) is 25.1 Å². The number of Topliss-reactive ketones (excluding diaryl/α,β-unsaturated/α-hetero) is 1. The summed E-state index contributed by atoms with van der Waals surface area (Å²) < 4.78 is 6.69. The molecule has 4 heteroatoms. The Bertz CT molecular complexity index is 695. The number of benzene rings is 1. The topological polar surface area (TPSA) is 48.3 Å². The van der Waals surface area contributed by atoms with Gasteiger partial charge in [0.15, 0.2) is 5.78 Å². The number of fused-ring (bicyclic) bond motifs is 1. The van der Waals surface area contributed by atoms with Gasteiger partial charge in [-0.3, -0.25) is 4.79 Å². The lowest BCUT2D eigenvalue weighted by Gasteiger charge is -2.03. The summed E-state index contributed by atoms with van der Waals surface area (Å²) in [5, 5.41) is 0.856. The van der Waals surface area contributed by atoms with Crippen LogP contribution in [0.15, 0.2) is 36.5 Å². The number of carbonyl (C=O) groups excluding carboxylic acids is 2. The highest BCUT2D eigenvalue weighted by Gasteiger charge is 2.14. The van der Waals surface area contributed by atoms with Crippen LogP contribution in [0, 0.1) is 0 Å². The van der Waals surface area contributed by atoms with E-state index in [-0.39, 0.29) is 11.8 Å². The quantitative estimate of drug-likeness (QED) is 0.487. The Morgan fingerprint density at radius 2 is 2.10 bits per heavy atom. The number of carbonyl (C=O) groups is 2. The first-order valence-corrected chi connectivity index (χ1v) is 6.41. The number of allylic oxidation sites excluding steroid dienone is 2. The van der Waals surface area contributed by atoms with Crippen molar-refractivity contribution in [2.24, 2.45) is 0 Å². The number of aromatic nitrogens is 1. The average Bonchev–Trinajstić information content (AvgIpc) is 2.82. The van der Waals surface area contributed by atoms with Crippen LogP contribution in [0.1, 0.15) is 34.6 Å². The second kappa shape index (κ2) is 5.74. The average molecular weight is 271 g/mol. The smallest absolute Gasteiger partial charge is 0.337 e. The molecule has 0 fully saturated rings. The molecule has 0 N–H and O–H groups in total. The van der Waals surface area contributed by atoms with E-state index in [0.29, 0.717) is 17.7 Å². The van der Waals surface area contributed by atoms with Crippen LogP contribution < -0.4 is 0 Å². The lowest BCUT2D eigenvalue weighted by Crippen LogP contribution is -2.01. The van der Waals surface area contributed by atoms with E-state index >= 15 is 0 Å². The van der Waals surface area contributed by atoms with Gasteiger partial charge in [0.25, 0.3) is 0 Å². The van der Waals surface area contributed by atoms with Crippen molar-refractivity contribution >= 4 is 22.7 Å². The number of hydrogen-bond donors (Lipinski definition) is 0. The van der Waals surface area contributed by atoms with E-state index in [9.17, 15) is 9.59 Å². The van der Waals surface area contributed by atoms with Crippen LogP contribution in [0.4, 0.5) is 0 Å². The van der Waals surface area contributed by atoms with Crippen molar-refractivity contribution in [2.45, 2.75) is 20.4 Å². The molecule has 0 saturated carbocycles. The Balaban J connectivity index is 2.64. The third-order valence-corrected chi connectivity index (χ3v) is 3.22. The molecule has 2 rings (SSSR count). The van der Waals surface area contributed by atoms with Gasteiger partial charge in [-0.05, 0) is 26.0 Å². The summed E-state index contributed by atoms with van der Waals surface area (Å²) in [6, 6.07) is 5.24. The summed E-state index contributed by atoms with van der Waals surface area (Å²) in [5.74, 6) is -0.366. The molecule has 0 saturated heterocycles. The third kappa shape index (κ3) is 2.50. The van der Waals surface area contributed by atoms with Gasteiger partial charge in [-0.25, -0.2) is 4.79 Å². The van der Waals surface area contributed by atoms with Crippen molar-refractivity contribution in [3.63, 3.8) is 0 Å². The number of nitrogens with zero attached hydrogens (tertiary/aromatic N) is 1. The molecule has 1 aromatic carbocycles. The van der Waals surface area contributed by atoms with Gasteiger partial charge in [-0.1, -0.05) is 18.2 Å². The van der Waals surface area contributed by atoms with E-state index < -0.39 is 0 Å². The van der Waals surface area contributed by atoms with Crippen molar-refractivity contribution in [1.82, 2.24) is 4.57 Å². The Kier molecular flexibility index (Phi) is 4.03. The van der Waals surface area contributed by atoms with E-state index in [1.165, 1.54) is 7.11 Å². The first-order chi connectivity index (χ1) is 9.58. The fourth-order valence-electron chi connectivity index (χ4n) is 2.19. The largest absolute Gasteiger partial charge is 0.465 e. The number of ketones is 1. The molecule has 0 bridgehead atoms. The minimum Gasteiger partial charge on any atom is -0.465 e. The molecule has 0 aliphatic carbocycles. The van der Waals surface area contributed by atoms with Gasteiger partial charge in [0, 0.05) is 29.2 Å². The molecule has 0 unspecified atom stereocenters. The highest BCUT2D eigenvalue weighted by Crippen LogP contribution is 2.24. The lowest BCUT2D eigenvalue weighted by molar-refractivity contribution is 0.0600. The first-order valence-electron chi connectivity index (χ1n) is 6.41. The van der Waals surface area contributed by atoms with Crippen molar-refractivity contribution < 1.29 is 14.3 Å². The zero-order valence-corrected chi connectivity index (χ0v) is 11.8. The summed E-state index contributed by atoms with van der Waals surface area (Å²) in [5.41, 5.74) is 2.01. The second-order valence-electron chi connectivity index (χ2n) is 4.54. The highest BCUT2D eigenvalue weighted by atomic mass is 16.5. The number of hydrogen-bond acceptors (Lipinski definition) is 3. The number of ether oxygens (including phenoxy) is 1. The standard InChI is InChI=1S/C16H17NO3/c1-4-5-8-17-10-14(11(2)18)13-7-6-12(9-15(13)17)16(19)20-3/h4-7,9-10H,8H2,1-3H3. The van der Waals surface area contributed by atoms with Crippen molar-refractivity contribution in [2.75, 3.05) is 7.11 Å². The van der Waals surface area contributed by atoms with Crippen LogP contribution in [0.5, 0.6) is 0 Å². The molecule has 0 amide bonds. The predicted octanol–water partition coefficient (Wildman–Crippen LogP) is 3.21. The number of methoxy groups -OCH3 is 1. The van der Waals surface area contributed by atoms with Gasteiger partial charge in [0.05, 0.1) is 12.7 Å². The molecule has 0 radical (unpaired) electrons. The van der Waals surface area contributed by atoms with Gasteiger partial charge in [-0.2, -0.15) is 0 Å². The zero-order chi connectivity index (χ0) is 14.7. The molecular weight excluding hydrogens is 254 g/mol. The fourth-order valence-corrected chi connectivity index (χ4v) is 2.19. The summed E-state index contributed by atoms with van der Waals surface area (Å²) in [6.45, 7) is 4.14. The van der Waals surface area contributed by atoms with Crippen LogP contribution >= 0.6 is 0 Å². The Hall–Kier alpha value is -2.36. The maximum atomic E-state index is 11.7. The van der Waals surface area contributed by atoms with E-state index in [1.807, 2.05) is 29.8 Å². The Morgan fingerprint density at radius 3 is 2.70 bits per heavy atom. The molecule has 104 valence electrons. The molecular formula is C16H17NO3. The molecule has 2 aromatic rings. The molecule has 0 spiro atoms. The van der Waals surface area contributed by atoms with Gasteiger partial charge in [0.1, 0.15) is 0 Å². The third-order valence-electron chi connectivity index (χ3n) is 3.22. The van der Waals surface area contributed by atoms with Crippen molar-refractivity contribution in [1.29, 1.82) is 0 Å². The fraction of sp³-hybridized carbons (Fsp3) is 0.250. The van der Waals surface area contributed by atoms with E-state index in [0.717, 1.165) is 10.9 Å². The van der Waals surface area contributed by atoms with Gasteiger partial charge in [0.2, 0.25) is 0 Å². The van der Waals surface area contributed by atoms with Gasteiger partial charge >= 0.3 is 5.97 Å². The first kappa shape index (κ1) is 14.1. The second-order valence-corrected chi connectivity index (χ2v) is 4.54. The molecule has 0 atom stereocenters. The monoisotopic (exact) mass is 271 g/mol. The summed E-state index contributed by atoms with van der Waals surface area (Å²) in [7, 11) is 1.35. The van der Waals surface area contributed by atoms with E-state index in [2.05, 4.69) is 0 Å². The van der Waals surface area contributed by atoms with E-state index in [4.69, 9.17) is 4.74 Å². The maximum absolute atomic E-state index is 11.7. The lowest BCUT2D eigenvalue weighted by atomic mass is 10.1. The minimum atomic E-state index is -0.380. The van der Waals surface area contributed by atoms with Crippen molar-refractivity contribution in [3.05, 3.63) is 47.7 Å². The van der Waals surface area contributed by atoms with Crippen LogP contribution in [0.25, 0.3) is 10.9 Å². The molecule has 0 aliphatic rings. The molecule has 20 heavy (non-hydrogen) atoms. The molecule has 0 aliphatic heterocycles. The minimum absolute atomic E-state index is 0.0139. The Labute approximate surface area is 117 Å². The van der Waals surface area contributed by atoms with Crippen LogP contribution in [0.2, 0.25) is 0 Å². The zero-order valence-electron chi connectivity index (χ0n) is 11.8. The SMILES string of the molecule is CC=CCn1cc(C(C)=O)c2ccc(C(=O)OC)cc21. The summed E-state index contributed by atoms with van der Waals surface area (Å²) in [6.07, 6.45) is 5.77. The van der Waals surface area contributed by atoms with Crippen LogP contribution in [0.3, 0.4) is 0 Å². The maximum Gasteiger partial charge on any atom is 0.337 e. The number of rotatable bonds is 4. The summed E-state index contributed by atoms with van der Waals surface area (Å²) in [4.78, 5) is 23.3. The number of esters is 1. The van der Waals surface area contributed by atoms with Crippen LogP contribution in [-0.2, 0) is 11.3 Å². The molecule has 1 heterocycles. The predicted molar refractivity (Wildman–Crippen MR) is 78.1 cm³/mol. The van der Waals surface area contributed by atoms with Crippen LogP contribution in [-0.4, -0.2) is 23.4 Å². The highest BCUT2D eigenvalue weighted by molar-refractivity contribution is 6.08. The molecule has 4 nitrogen and oxygen atoms in total. The normalized spacial score (nSPS) is 11.2. The Morgan fingerprint density at radius 1 is 1.35 bits per heavy atom. The summed E-state index contributed by atoms with van der Waals surface area (Å²) >= 11 is 0.